The molecule has 1 unspecified atom stereocenters. The third kappa shape index (κ3) is 3.97. The van der Waals surface area contributed by atoms with Gasteiger partial charge in [-0.1, -0.05) is 34.1 Å². The molecule has 0 heterocycles. The number of ether oxygens (including phenoxy) is 1. The quantitative estimate of drug-likeness (QED) is 0.641. The fourth-order valence-electron chi connectivity index (χ4n) is 1.96. The summed E-state index contributed by atoms with van der Waals surface area (Å²) in [5, 5.41) is -0.175. The molecule has 0 radical (unpaired) electrons. The lowest BCUT2D eigenvalue weighted by atomic mass is 10.0. The second-order valence-electron chi connectivity index (χ2n) is 4.41. The van der Waals surface area contributed by atoms with E-state index in [-0.39, 0.29) is 11.2 Å². The predicted molar refractivity (Wildman–Crippen MR) is 84.0 cm³/mol. The number of hydrogen-bond acceptors (Lipinski definition) is 1. The molecule has 0 saturated heterocycles. The maximum absolute atomic E-state index is 12.9. The van der Waals surface area contributed by atoms with Gasteiger partial charge in [-0.3, -0.25) is 0 Å². The van der Waals surface area contributed by atoms with Gasteiger partial charge >= 0.3 is 0 Å². The van der Waals surface area contributed by atoms with Crippen molar-refractivity contribution in [3.63, 3.8) is 0 Å². The Morgan fingerprint density at radius 1 is 1.20 bits per heavy atom. The van der Waals surface area contributed by atoms with E-state index in [4.69, 9.17) is 16.3 Å². The molecular formula is C16H15BrClFO. The van der Waals surface area contributed by atoms with Crippen LogP contribution in [0.2, 0.25) is 0 Å². The number of hydrogen-bond donors (Lipinski definition) is 0. The fourth-order valence-corrected chi connectivity index (χ4v) is 3.09. The highest BCUT2D eigenvalue weighted by Crippen LogP contribution is 2.33. The van der Waals surface area contributed by atoms with Gasteiger partial charge < -0.3 is 4.74 Å². The zero-order chi connectivity index (χ0) is 14.5. The van der Waals surface area contributed by atoms with Crippen molar-refractivity contribution in [3.8, 4) is 5.75 Å². The van der Waals surface area contributed by atoms with Gasteiger partial charge in [0.15, 0.2) is 0 Å². The molecule has 0 amide bonds. The lowest BCUT2D eigenvalue weighted by Crippen LogP contribution is -1.98. The summed E-state index contributed by atoms with van der Waals surface area (Å²) in [7, 11) is 0. The largest absolute Gasteiger partial charge is 0.494 e. The van der Waals surface area contributed by atoms with Crippen LogP contribution in [0.25, 0.3) is 0 Å². The fraction of sp³-hybridized carbons (Fsp3) is 0.250. The first-order valence-electron chi connectivity index (χ1n) is 6.41. The average Bonchev–Trinajstić information content (AvgIpc) is 2.42. The Bertz CT molecular complexity index is 571. The van der Waals surface area contributed by atoms with Crippen molar-refractivity contribution in [2.24, 2.45) is 0 Å². The normalized spacial score (nSPS) is 12.2. The van der Waals surface area contributed by atoms with Crippen LogP contribution in [-0.2, 0) is 6.42 Å². The molecule has 4 heteroatoms. The van der Waals surface area contributed by atoms with Gasteiger partial charge in [-0.25, -0.2) is 4.39 Å². The molecule has 2 aromatic carbocycles. The van der Waals surface area contributed by atoms with Crippen LogP contribution in [0.1, 0.15) is 23.4 Å². The molecule has 2 aromatic rings. The molecule has 0 spiro atoms. The highest BCUT2D eigenvalue weighted by Gasteiger charge is 2.13. The van der Waals surface area contributed by atoms with Gasteiger partial charge in [0.2, 0.25) is 0 Å². The number of benzene rings is 2. The topological polar surface area (TPSA) is 9.23 Å². The number of halogens is 3. The van der Waals surface area contributed by atoms with E-state index in [0.717, 1.165) is 21.3 Å². The van der Waals surface area contributed by atoms with Gasteiger partial charge in [0.1, 0.15) is 11.6 Å². The van der Waals surface area contributed by atoms with E-state index in [9.17, 15) is 4.39 Å². The molecule has 1 nitrogen and oxygen atoms in total. The second-order valence-corrected chi connectivity index (χ2v) is 5.80. The monoisotopic (exact) mass is 356 g/mol. The molecule has 2 rings (SSSR count). The molecule has 20 heavy (non-hydrogen) atoms. The van der Waals surface area contributed by atoms with Gasteiger partial charge in [0.05, 0.1) is 12.0 Å². The third-order valence-electron chi connectivity index (χ3n) is 2.95. The summed E-state index contributed by atoms with van der Waals surface area (Å²) >= 11 is 9.97. The highest BCUT2D eigenvalue weighted by molar-refractivity contribution is 9.10. The van der Waals surface area contributed by atoms with E-state index in [1.807, 2.05) is 25.1 Å². The van der Waals surface area contributed by atoms with Crippen LogP contribution in [-0.4, -0.2) is 6.61 Å². The van der Waals surface area contributed by atoms with Gasteiger partial charge in [-0.2, -0.15) is 0 Å². The van der Waals surface area contributed by atoms with E-state index >= 15 is 0 Å². The lowest BCUT2D eigenvalue weighted by molar-refractivity contribution is 0.340. The molecular weight excluding hydrogens is 343 g/mol. The predicted octanol–water partition coefficient (Wildman–Crippen LogP) is 5.51. The van der Waals surface area contributed by atoms with Crippen LogP contribution in [0.15, 0.2) is 46.9 Å². The zero-order valence-corrected chi connectivity index (χ0v) is 13.4. The standard InChI is InChI=1S/C16H15BrClFO/c1-2-20-13-7-8-14(15(17)10-13)16(18)9-11-3-5-12(19)6-4-11/h3-8,10,16H,2,9H2,1H3. The van der Waals surface area contributed by atoms with Crippen molar-refractivity contribution in [2.75, 3.05) is 6.61 Å². The third-order valence-corrected chi connectivity index (χ3v) is 4.02. The highest BCUT2D eigenvalue weighted by atomic mass is 79.9. The van der Waals surface area contributed by atoms with Crippen LogP contribution < -0.4 is 4.74 Å². The van der Waals surface area contributed by atoms with Crippen molar-refractivity contribution in [1.29, 1.82) is 0 Å². The summed E-state index contributed by atoms with van der Waals surface area (Å²) < 4.78 is 19.2. The minimum absolute atomic E-state index is 0.175. The van der Waals surface area contributed by atoms with Gasteiger partial charge in [0, 0.05) is 4.47 Å². The Morgan fingerprint density at radius 3 is 2.50 bits per heavy atom. The van der Waals surface area contributed by atoms with Crippen LogP contribution in [0.4, 0.5) is 4.39 Å². The van der Waals surface area contributed by atoms with Crippen molar-refractivity contribution in [2.45, 2.75) is 18.7 Å². The summed E-state index contributed by atoms with van der Waals surface area (Å²) in [6, 6.07) is 12.2. The summed E-state index contributed by atoms with van der Waals surface area (Å²) in [5.74, 6) is 0.580. The van der Waals surface area contributed by atoms with Gasteiger partial charge in [-0.05, 0) is 48.7 Å². The van der Waals surface area contributed by atoms with Crippen molar-refractivity contribution >= 4 is 27.5 Å². The summed E-state index contributed by atoms with van der Waals surface area (Å²) in [6.07, 6.45) is 0.647. The Balaban J connectivity index is 2.12. The maximum atomic E-state index is 12.9. The molecule has 0 saturated carbocycles. The van der Waals surface area contributed by atoms with E-state index in [2.05, 4.69) is 15.9 Å². The lowest BCUT2D eigenvalue weighted by Gasteiger charge is -2.13. The Kier molecular flexibility index (Phi) is 5.44. The molecule has 0 bridgehead atoms. The smallest absolute Gasteiger partial charge is 0.123 e. The summed E-state index contributed by atoms with van der Waals surface area (Å²) in [4.78, 5) is 0. The summed E-state index contributed by atoms with van der Waals surface area (Å²) in [6.45, 7) is 2.58. The number of rotatable bonds is 5. The molecule has 0 N–H and O–H groups in total. The molecule has 1 atom stereocenters. The molecule has 0 fully saturated rings. The van der Waals surface area contributed by atoms with Crippen molar-refractivity contribution < 1.29 is 9.13 Å². The van der Waals surface area contributed by atoms with Gasteiger partial charge in [0.25, 0.3) is 0 Å². The maximum Gasteiger partial charge on any atom is 0.123 e. The average molecular weight is 358 g/mol. The van der Waals surface area contributed by atoms with Crippen LogP contribution in [0.5, 0.6) is 5.75 Å². The van der Waals surface area contributed by atoms with E-state index in [1.165, 1.54) is 12.1 Å². The zero-order valence-electron chi connectivity index (χ0n) is 11.1. The Labute approximate surface area is 131 Å². The van der Waals surface area contributed by atoms with Gasteiger partial charge in [-0.15, -0.1) is 11.6 Å². The van der Waals surface area contributed by atoms with Crippen LogP contribution in [0.3, 0.4) is 0 Å². The first-order valence-corrected chi connectivity index (χ1v) is 7.64. The van der Waals surface area contributed by atoms with Crippen molar-refractivity contribution in [3.05, 3.63) is 63.9 Å². The van der Waals surface area contributed by atoms with E-state index < -0.39 is 0 Å². The van der Waals surface area contributed by atoms with Crippen LogP contribution in [0, 0.1) is 5.82 Å². The molecule has 0 aromatic heterocycles. The molecule has 106 valence electrons. The first kappa shape index (κ1) is 15.3. The minimum Gasteiger partial charge on any atom is -0.494 e. The van der Waals surface area contributed by atoms with E-state index in [0.29, 0.717) is 13.0 Å². The van der Waals surface area contributed by atoms with Crippen molar-refractivity contribution in [1.82, 2.24) is 0 Å². The minimum atomic E-state index is -0.234. The Hall–Kier alpha value is -1.06. The Morgan fingerprint density at radius 2 is 1.90 bits per heavy atom. The SMILES string of the molecule is CCOc1ccc(C(Cl)Cc2ccc(F)cc2)c(Br)c1. The molecule has 0 aliphatic carbocycles. The molecule has 0 aliphatic rings. The van der Waals surface area contributed by atoms with Crippen LogP contribution >= 0.6 is 27.5 Å². The van der Waals surface area contributed by atoms with E-state index in [1.54, 1.807) is 12.1 Å². The first-order chi connectivity index (χ1) is 9.60. The molecule has 0 aliphatic heterocycles. The number of alkyl halides is 1. The summed E-state index contributed by atoms with van der Waals surface area (Å²) in [5.41, 5.74) is 2.01. The second kappa shape index (κ2) is 7.09.